The van der Waals surface area contributed by atoms with E-state index < -0.39 is 23.1 Å². The number of hydrogen-bond donors (Lipinski definition) is 1. The van der Waals surface area contributed by atoms with Crippen LogP contribution in [-0.4, -0.2) is 38.0 Å². The van der Waals surface area contributed by atoms with Crippen LogP contribution < -0.4 is 10.4 Å². The molecule has 192 valence electrons. The number of carbonyl (C=O) groups excluding carboxylic acids is 1. The molecule has 0 aliphatic heterocycles. The third-order valence-electron chi connectivity index (χ3n) is 5.87. The van der Waals surface area contributed by atoms with E-state index in [1.54, 1.807) is 24.3 Å². The van der Waals surface area contributed by atoms with E-state index in [0.29, 0.717) is 22.6 Å². The molecule has 0 aliphatic carbocycles. The summed E-state index contributed by atoms with van der Waals surface area (Å²) in [5.41, 5.74) is -1.72. The Hall–Kier alpha value is -3.27. The molecule has 1 aromatic carbocycles. The molecule has 1 atom stereocenters. The summed E-state index contributed by atoms with van der Waals surface area (Å²) < 4.78 is 45.1. The van der Waals surface area contributed by atoms with Crippen LogP contribution in [0.2, 0.25) is 5.02 Å². The first kappa shape index (κ1) is 27.3. The number of rotatable bonds is 9. The van der Waals surface area contributed by atoms with Gasteiger partial charge in [0.1, 0.15) is 17.0 Å². The van der Waals surface area contributed by atoms with Crippen LogP contribution in [0.25, 0.3) is 22.8 Å². The fraction of sp³-hybridized carbons (Fsp3) is 0.400. The zero-order valence-electron chi connectivity index (χ0n) is 20.2. The lowest BCUT2D eigenvalue weighted by molar-refractivity contribution is -0.210. The number of aromatic nitrogens is 4. The van der Waals surface area contributed by atoms with E-state index in [4.69, 9.17) is 16.3 Å². The van der Waals surface area contributed by atoms with Gasteiger partial charge in [0, 0.05) is 29.8 Å². The van der Waals surface area contributed by atoms with Gasteiger partial charge in [-0.2, -0.15) is 18.2 Å². The normalized spacial score (nSPS) is 12.9. The van der Waals surface area contributed by atoms with Gasteiger partial charge in [0.2, 0.25) is 5.88 Å². The highest BCUT2D eigenvalue weighted by Crippen LogP contribution is 2.39. The van der Waals surface area contributed by atoms with Gasteiger partial charge in [-0.15, -0.1) is 0 Å². The quantitative estimate of drug-likeness (QED) is 0.380. The standard InChI is InChI=1S/C25H26ClF3N4O3/c1-5-14(2)36-20-11-8-16(13-30-20)21-31-22(33-23(35)32-21)17-12-15(6-9-18(17)26)7-10-19(34)24(3,4)25(27,28)29/h6,8-9,11-14H,5,7,10H2,1-4H3,(H,31,32,33,35)/t14-/m1/s1. The Bertz CT molecular complexity index is 1290. The van der Waals surface area contributed by atoms with Gasteiger partial charge in [-0.1, -0.05) is 24.6 Å². The lowest BCUT2D eigenvalue weighted by atomic mass is 9.84. The number of aryl methyl sites for hydroxylation is 1. The second-order valence-electron chi connectivity index (χ2n) is 8.91. The first-order valence-corrected chi connectivity index (χ1v) is 11.7. The summed E-state index contributed by atoms with van der Waals surface area (Å²) >= 11 is 6.33. The third kappa shape index (κ3) is 6.29. The minimum Gasteiger partial charge on any atom is -0.475 e. The van der Waals surface area contributed by atoms with Crippen molar-refractivity contribution in [2.24, 2.45) is 5.41 Å². The van der Waals surface area contributed by atoms with Crippen molar-refractivity contribution in [3.8, 4) is 28.7 Å². The minimum atomic E-state index is -4.64. The zero-order valence-corrected chi connectivity index (χ0v) is 21.0. The Kier molecular flexibility index (Phi) is 8.18. The summed E-state index contributed by atoms with van der Waals surface area (Å²) in [6.45, 7) is 5.65. The van der Waals surface area contributed by atoms with E-state index in [-0.39, 0.29) is 35.6 Å². The van der Waals surface area contributed by atoms with Gasteiger partial charge in [-0.3, -0.25) is 9.78 Å². The molecule has 1 N–H and O–H groups in total. The lowest BCUT2D eigenvalue weighted by Crippen LogP contribution is -2.39. The van der Waals surface area contributed by atoms with Gasteiger partial charge in [0.25, 0.3) is 0 Å². The highest BCUT2D eigenvalue weighted by atomic mass is 35.5. The second-order valence-corrected chi connectivity index (χ2v) is 9.32. The van der Waals surface area contributed by atoms with E-state index in [9.17, 15) is 22.8 Å². The Balaban J connectivity index is 1.86. The Labute approximate surface area is 211 Å². The van der Waals surface area contributed by atoms with Crippen LogP contribution in [0.4, 0.5) is 13.2 Å². The molecule has 0 bridgehead atoms. The van der Waals surface area contributed by atoms with Gasteiger partial charge >= 0.3 is 11.9 Å². The first-order chi connectivity index (χ1) is 16.8. The van der Waals surface area contributed by atoms with E-state index in [1.165, 1.54) is 12.3 Å². The Morgan fingerprint density at radius 3 is 2.50 bits per heavy atom. The van der Waals surface area contributed by atoms with Crippen LogP contribution in [-0.2, 0) is 11.2 Å². The average Bonchev–Trinajstić information content (AvgIpc) is 2.82. The summed E-state index contributed by atoms with van der Waals surface area (Å²) in [5.74, 6) is -0.256. The van der Waals surface area contributed by atoms with Crippen LogP contribution in [0.3, 0.4) is 0 Å². The molecule has 3 aromatic rings. The van der Waals surface area contributed by atoms with Crippen molar-refractivity contribution in [3.63, 3.8) is 0 Å². The highest BCUT2D eigenvalue weighted by molar-refractivity contribution is 6.33. The molecule has 3 rings (SSSR count). The molecule has 11 heteroatoms. The second kappa shape index (κ2) is 10.8. The number of alkyl halides is 3. The molecule has 0 saturated heterocycles. The molecule has 0 radical (unpaired) electrons. The number of benzene rings is 1. The van der Waals surface area contributed by atoms with Crippen LogP contribution in [0, 0.1) is 5.41 Å². The minimum absolute atomic E-state index is 0.00461. The number of nitrogens with one attached hydrogen (secondary N) is 1. The van der Waals surface area contributed by atoms with Crippen molar-refractivity contribution in [2.75, 3.05) is 0 Å². The highest BCUT2D eigenvalue weighted by Gasteiger charge is 2.51. The molecular formula is C25H26ClF3N4O3. The van der Waals surface area contributed by atoms with Crippen molar-refractivity contribution >= 4 is 17.4 Å². The largest absolute Gasteiger partial charge is 0.475 e. The maximum absolute atomic E-state index is 13.2. The van der Waals surface area contributed by atoms with Crippen LogP contribution >= 0.6 is 11.6 Å². The van der Waals surface area contributed by atoms with Crippen LogP contribution in [0.5, 0.6) is 5.88 Å². The Morgan fingerprint density at radius 1 is 1.17 bits per heavy atom. The number of nitrogens with zero attached hydrogens (tertiary/aromatic N) is 3. The number of carbonyl (C=O) groups is 1. The SMILES string of the molecule is CC[C@@H](C)Oc1ccc(-c2nc(-c3cc(CCC(=O)C(C)(C)C(F)(F)F)ccc3Cl)[nH]c(=O)n2)cn1. The molecule has 0 spiro atoms. The number of ether oxygens (including phenoxy) is 1. The number of Topliss-reactive ketones (excluding diaryl/α,β-unsaturated/α-hetero) is 1. The predicted molar refractivity (Wildman–Crippen MR) is 130 cm³/mol. The summed E-state index contributed by atoms with van der Waals surface area (Å²) in [4.78, 5) is 39.6. The fourth-order valence-corrected chi connectivity index (χ4v) is 3.36. The summed E-state index contributed by atoms with van der Waals surface area (Å²) in [6.07, 6.45) is -2.59. The lowest BCUT2D eigenvalue weighted by Gasteiger charge is -2.26. The monoisotopic (exact) mass is 522 g/mol. The van der Waals surface area contributed by atoms with E-state index in [1.807, 2.05) is 13.8 Å². The van der Waals surface area contributed by atoms with E-state index in [2.05, 4.69) is 19.9 Å². The van der Waals surface area contributed by atoms with Crippen molar-refractivity contribution in [1.82, 2.24) is 19.9 Å². The van der Waals surface area contributed by atoms with E-state index >= 15 is 0 Å². The zero-order chi connectivity index (χ0) is 26.7. The summed E-state index contributed by atoms with van der Waals surface area (Å²) in [6, 6.07) is 8.06. The number of halogens is 4. The molecule has 0 amide bonds. The molecule has 0 aliphatic rings. The molecule has 0 fully saturated rings. The number of hydrogen-bond acceptors (Lipinski definition) is 6. The number of aromatic amines is 1. The van der Waals surface area contributed by atoms with Gasteiger partial charge in [-0.05, 0) is 57.4 Å². The summed E-state index contributed by atoms with van der Waals surface area (Å²) in [5, 5.41) is 0.261. The average molecular weight is 523 g/mol. The number of ketones is 1. The first-order valence-electron chi connectivity index (χ1n) is 11.3. The molecule has 36 heavy (non-hydrogen) atoms. The van der Waals surface area contributed by atoms with Crippen LogP contribution in [0.15, 0.2) is 41.3 Å². The maximum atomic E-state index is 13.2. The third-order valence-corrected chi connectivity index (χ3v) is 6.20. The number of pyridine rings is 1. The van der Waals surface area contributed by atoms with Crippen molar-refractivity contribution in [3.05, 3.63) is 57.6 Å². The summed E-state index contributed by atoms with van der Waals surface area (Å²) in [7, 11) is 0. The fourth-order valence-electron chi connectivity index (χ4n) is 3.15. The molecule has 0 saturated carbocycles. The number of H-pyrrole nitrogens is 1. The molecule has 2 heterocycles. The topological polar surface area (TPSA) is 97.8 Å². The molecule has 2 aromatic heterocycles. The van der Waals surface area contributed by atoms with Gasteiger partial charge < -0.3 is 4.74 Å². The van der Waals surface area contributed by atoms with Gasteiger partial charge in [-0.25, -0.2) is 14.8 Å². The van der Waals surface area contributed by atoms with Crippen molar-refractivity contribution < 1.29 is 22.7 Å². The molecular weight excluding hydrogens is 497 g/mol. The van der Waals surface area contributed by atoms with Gasteiger partial charge in [0.05, 0.1) is 11.1 Å². The van der Waals surface area contributed by atoms with Crippen molar-refractivity contribution in [2.45, 2.75) is 59.2 Å². The predicted octanol–water partition coefficient (Wildman–Crippen LogP) is 5.81. The maximum Gasteiger partial charge on any atom is 0.400 e. The van der Waals surface area contributed by atoms with Crippen LogP contribution in [0.1, 0.15) is 46.1 Å². The van der Waals surface area contributed by atoms with Crippen molar-refractivity contribution in [1.29, 1.82) is 0 Å². The Morgan fingerprint density at radius 2 is 1.89 bits per heavy atom. The smallest absolute Gasteiger partial charge is 0.400 e. The molecule has 7 nitrogen and oxygen atoms in total. The molecule has 0 unspecified atom stereocenters. The van der Waals surface area contributed by atoms with Gasteiger partial charge in [0.15, 0.2) is 5.82 Å². The van der Waals surface area contributed by atoms with E-state index in [0.717, 1.165) is 20.3 Å².